The van der Waals surface area contributed by atoms with Crippen molar-refractivity contribution >= 4 is 21.4 Å². The molecule has 0 aliphatic heterocycles. The molecule has 3 aromatic heterocycles. The van der Waals surface area contributed by atoms with Crippen LogP contribution in [-0.2, 0) is 10.0 Å². The Hall–Kier alpha value is -2.35. The van der Waals surface area contributed by atoms with E-state index in [1.807, 2.05) is 18.2 Å². The van der Waals surface area contributed by atoms with Gasteiger partial charge in [0.15, 0.2) is 0 Å². The fourth-order valence-electron chi connectivity index (χ4n) is 2.48. The molecule has 0 aromatic carbocycles. The number of fused-ring (bicyclic) bond motifs is 1. The Kier molecular flexibility index (Phi) is 3.21. The molecule has 3 aromatic rings. The van der Waals surface area contributed by atoms with E-state index in [1.54, 1.807) is 32.2 Å². The van der Waals surface area contributed by atoms with E-state index < -0.39 is 10.0 Å². The smallest absolute Gasteiger partial charge is 0.265 e. The number of anilines is 1. The zero-order valence-electron chi connectivity index (χ0n) is 12.8. The monoisotopic (exact) mass is 319 g/mol. The number of aromatic amines is 1. The molecule has 8 heteroatoms. The number of hydrogen-bond acceptors (Lipinski definition) is 4. The van der Waals surface area contributed by atoms with Crippen LogP contribution in [0.25, 0.3) is 5.65 Å². The standard InChI is InChI=1S/C14H17N5O2S/c1-8-11(4)19-7-12(5-6-13(19)15-8)18-22(20,21)14-9(2)16-17-10(14)3/h5-7,18H,1-4H3,(H,16,17). The van der Waals surface area contributed by atoms with Gasteiger partial charge in [-0.05, 0) is 39.8 Å². The molecule has 0 saturated heterocycles. The summed E-state index contributed by atoms with van der Waals surface area (Å²) in [6, 6.07) is 3.48. The maximum atomic E-state index is 12.5. The Morgan fingerprint density at radius 1 is 1.14 bits per heavy atom. The van der Waals surface area contributed by atoms with Crippen molar-refractivity contribution in [1.82, 2.24) is 19.6 Å². The Labute approximate surface area is 128 Å². The third-order valence-corrected chi connectivity index (χ3v) is 5.32. The minimum absolute atomic E-state index is 0.186. The van der Waals surface area contributed by atoms with Crippen LogP contribution in [0.15, 0.2) is 23.2 Å². The summed E-state index contributed by atoms with van der Waals surface area (Å²) < 4.78 is 29.5. The van der Waals surface area contributed by atoms with Gasteiger partial charge < -0.3 is 4.40 Å². The summed E-state index contributed by atoms with van der Waals surface area (Å²) in [5.41, 5.74) is 4.12. The van der Waals surface area contributed by atoms with Gasteiger partial charge >= 0.3 is 0 Å². The molecule has 0 bridgehead atoms. The number of hydrogen-bond donors (Lipinski definition) is 2. The largest absolute Gasteiger partial charge is 0.302 e. The number of nitrogens with one attached hydrogen (secondary N) is 2. The number of aryl methyl sites for hydroxylation is 4. The van der Waals surface area contributed by atoms with Gasteiger partial charge in [-0.3, -0.25) is 9.82 Å². The molecule has 0 aliphatic carbocycles. The van der Waals surface area contributed by atoms with E-state index in [9.17, 15) is 8.42 Å². The second-order valence-electron chi connectivity index (χ2n) is 5.30. The molecular formula is C14H17N5O2S. The molecule has 0 aliphatic rings. The van der Waals surface area contributed by atoms with Gasteiger partial charge in [0, 0.05) is 11.9 Å². The van der Waals surface area contributed by atoms with Gasteiger partial charge in [0.25, 0.3) is 10.0 Å². The second-order valence-corrected chi connectivity index (χ2v) is 6.92. The summed E-state index contributed by atoms with van der Waals surface area (Å²) in [5.74, 6) is 0. The van der Waals surface area contributed by atoms with Crippen molar-refractivity contribution in [2.45, 2.75) is 32.6 Å². The quantitative estimate of drug-likeness (QED) is 0.773. The molecule has 0 atom stereocenters. The van der Waals surface area contributed by atoms with Crippen molar-refractivity contribution in [1.29, 1.82) is 0 Å². The first-order valence-electron chi connectivity index (χ1n) is 6.79. The van der Waals surface area contributed by atoms with Crippen LogP contribution in [0.3, 0.4) is 0 Å². The third-order valence-electron chi connectivity index (χ3n) is 3.68. The zero-order chi connectivity index (χ0) is 16.1. The third kappa shape index (κ3) is 2.25. The summed E-state index contributed by atoms with van der Waals surface area (Å²) in [5, 5.41) is 6.62. The summed E-state index contributed by atoms with van der Waals surface area (Å²) in [7, 11) is -3.68. The van der Waals surface area contributed by atoms with Gasteiger partial charge in [-0.1, -0.05) is 0 Å². The first kappa shape index (κ1) is 14.6. The molecule has 0 saturated carbocycles. The predicted molar refractivity (Wildman–Crippen MR) is 83.5 cm³/mol. The van der Waals surface area contributed by atoms with Crippen LogP contribution in [-0.4, -0.2) is 28.0 Å². The highest BCUT2D eigenvalue weighted by molar-refractivity contribution is 7.92. The van der Waals surface area contributed by atoms with Gasteiger partial charge in [-0.15, -0.1) is 0 Å². The van der Waals surface area contributed by atoms with Crippen LogP contribution < -0.4 is 4.72 Å². The molecule has 0 fully saturated rings. The number of aromatic nitrogens is 4. The minimum Gasteiger partial charge on any atom is -0.302 e. The van der Waals surface area contributed by atoms with Crippen LogP contribution >= 0.6 is 0 Å². The Morgan fingerprint density at radius 3 is 2.50 bits per heavy atom. The number of pyridine rings is 1. The minimum atomic E-state index is -3.68. The van der Waals surface area contributed by atoms with Crippen molar-refractivity contribution in [2.75, 3.05) is 4.72 Å². The molecule has 0 unspecified atom stereocenters. The molecular weight excluding hydrogens is 302 g/mol. The first-order valence-corrected chi connectivity index (χ1v) is 8.27. The fourth-order valence-corrected chi connectivity index (χ4v) is 3.90. The molecule has 0 spiro atoms. The first-order chi connectivity index (χ1) is 10.3. The van der Waals surface area contributed by atoms with Crippen molar-refractivity contribution in [3.8, 4) is 0 Å². The normalized spacial score (nSPS) is 12.0. The van der Waals surface area contributed by atoms with Crippen LogP contribution in [0, 0.1) is 27.7 Å². The highest BCUT2D eigenvalue weighted by Gasteiger charge is 2.22. The number of H-pyrrole nitrogens is 1. The van der Waals surface area contributed by atoms with Crippen molar-refractivity contribution in [2.24, 2.45) is 0 Å². The lowest BCUT2D eigenvalue weighted by Crippen LogP contribution is -2.15. The lowest BCUT2D eigenvalue weighted by atomic mass is 10.4. The average molecular weight is 319 g/mol. The molecule has 3 rings (SSSR count). The van der Waals surface area contributed by atoms with E-state index in [2.05, 4.69) is 19.9 Å². The van der Waals surface area contributed by atoms with Crippen LogP contribution in [0.2, 0.25) is 0 Å². The Morgan fingerprint density at radius 2 is 1.86 bits per heavy atom. The maximum absolute atomic E-state index is 12.5. The van der Waals surface area contributed by atoms with Crippen LogP contribution in [0.4, 0.5) is 5.69 Å². The molecule has 2 N–H and O–H groups in total. The van der Waals surface area contributed by atoms with Gasteiger partial charge in [0.2, 0.25) is 0 Å². The van der Waals surface area contributed by atoms with Crippen molar-refractivity contribution in [3.63, 3.8) is 0 Å². The molecule has 3 heterocycles. The molecule has 0 amide bonds. The van der Waals surface area contributed by atoms with Crippen LogP contribution in [0.5, 0.6) is 0 Å². The highest BCUT2D eigenvalue weighted by atomic mass is 32.2. The lowest BCUT2D eigenvalue weighted by Gasteiger charge is -2.09. The number of rotatable bonds is 3. The average Bonchev–Trinajstić information content (AvgIpc) is 2.91. The zero-order valence-corrected chi connectivity index (χ0v) is 13.6. The van der Waals surface area contributed by atoms with Gasteiger partial charge in [0.05, 0.1) is 22.8 Å². The van der Waals surface area contributed by atoms with Gasteiger partial charge in [-0.2, -0.15) is 5.10 Å². The Balaban J connectivity index is 2.04. The fraction of sp³-hybridized carbons (Fsp3) is 0.286. The van der Waals surface area contributed by atoms with E-state index in [4.69, 9.17) is 0 Å². The lowest BCUT2D eigenvalue weighted by molar-refractivity contribution is 0.600. The number of sulfonamides is 1. The predicted octanol–water partition coefficient (Wildman–Crippen LogP) is 2.09. The highest BCUT2D eigenvalue weighted by Crippen LogP contribution is 2.22. The van der Waals surface area contributed by atoms with E-state index >= 15 is 0 Å². The van der Waals surface area contributed by atoms with Crippen molar-refractivity contribution < 1.29 is 8.42 Å². The molecule has 0 radical (unpaired) electrons. The maximum Gasteiger partial charge on any atom is 0.265 e. The van der Waals surface area contributed by atoms with Gasteiger partial charge in [0.1, 0.15) is 10.5 Å². The van der Waals surface area contributed by atoms with E-state index in [1.165, 1.54) is 0 Å². The summed E-state index contributed by atoms with van der Waals surface area (Å²) in [6.45, 7) is 7.20. The molecule has 7 nitrogen and oxygen atoms in total. The number of imidazole rings is 1. The summed E-state index contributed by atoms with van der Waals surface area (Å²) in [6.07, 6.45) is 1.73. The summed E-state index contributed by atoms with van der Waals surface area (Å²) >= 11 is 0. The number of nitrogens with zero attached hydrogens (tertiary/aromatic N) is 3. The van der Waals surface area contributed by atoms with E-state index in [0.29, 0.717) is 17.1 Å². The topological polar surface area (TPSA) is 92.1 Å². The van der Waals surface area contributed by atoms with Crippen molar-refractivity contribution in [3.05, 3.63) is 41.1 Å². The van der Waals surface area contributed by atoms with E-state index in [-0.39, 0.29) is 4.90 Å². The van der Waals surface area contributed by atoms with Gasteiger partial charge in [-0.25, -0.2) is 13.4 Å². The van der Waals surface area contributed by atoms with E-state index in [0.717, 1.165) is 17.0 Å². The second kappa shape index (κ2) is 4.84. The van der Waals surface area contributed by atoms with Crippen LogP contribution in [0.1, 0.15) is 22.8 Å². The SMILES string of the molecule is Cc1n[nH]c(C)c1S(=O)(=O)Nc1ccc2nc(C)c(C)n2c1. The summed E-state index contributed by atoms with van der Waals surface area (Å²) in [4.78, 5) is 4.59. The molecule has 22 heavy (non-hydrogen) atoms. The molecule has 116 valence electrons. The Bertz CT molecular complexity index is 949.